The minimum absolute atomic E-state index is 0.0214. The van der Waals surface area contributed by atoms with E-state index in [1.807, 2.05) is 45.0 Å². The summed E-state index contributed by atoms with van der Waals surface area (Å²) in [7, 11) is -3.32. The Bertz CT molecular complexity index is 724. The van der Waals surface area contributed by atoms with Gasteiger partial charge in [0.2, 0.25) is 10.0 Å². The molecular weight excluding hydrogens is 376 g/mol. The van der Waals surface area contributed by atoms with Gasteiger partial charge in [-0.3, -0.25) is 0 Å². The summed E-state index contributed by atoms with van der Waals surface area (Å²) in [6, 6.07) is 7.75. The van der Waals surface area contributed by atoms with Crippen LogP contribution in [-0.4, -0.2) is 44.2 Å². The molecule has 8 heteroatoms. The number of benzene rings is 1. The Morgan fingerprint density at radius 1 is 1.14 bits per heavy atom. The van der Waals surface area contributed by atoms with E-state index in [1.54, 1.807) is 0 Å². The molecule has 1 saturated carbocycles. The second-order valence-electron chi connectivity index (χ2n) is 7.69. The van der Waals surface area contributed by atoms with Crippen molar-refractivity contribution in [2.75, 3.05) is 6.54 Å². The number of sulfonamides is 1. The van der Waals surface area contributed by atoms with Crippen molar-refractivity contribution in [3.05, 3.63) is 35.4 Å². The largest absolute Gasteiger partial charge is 0.393 e. The molecule has 0 spiro atoms. The SMILES string of the molecule is CCNC(=NCc1ccc(CS(=O)(=O)NC(C)C)cc1)NC1CCC(O)CC1. The number of guanidine groups is 1. The molecule has 0 saturated heterocycles. The van der Waals surface area contributed by atoms with Gasteiger partial charge in [-0.05, 0) is 57.6 Å². The van der Waals surface area contributed by atoms with Crippen LogP contribution in [0.1, 0.15) is 57.6 Å². The van der Waals surface area contributed by atoms with Gasteiger partial charge in [0, 0.05) is 18.6 Å². The zero-order valence-corrected chi connectivity index (χ0v) is 17.9. The molecule has 1 aromatic carbocycles. The molecule has 0 amide bonds. The molecule has 28 heavy (non-hydrogen) atoms. The Morgan fingerprint density at radius 3 is 2.32 bits per heavy atom. The zero-order chi connectivity index (χ0) is 20.6. The molecule has 7 nitrogen and oxygen atoms in total. The Hall–Kier alpha value is -1.64. The summed E-state index contributed by atoms with van der Waals surface area (Å²) in [5.41, 5.74) is 1.78. The van der Waals surface area contributed by atoms with Crippen LogP contribution in [0.2, 0.25) is 0 Å². The number of nitrogens with one attached hydrogen (secondary N) is 3. The lowest BCUT2D eigenvalue weighted by Gasteiger charge is -2.27. The number of hydrogen-bond acceptors (Lipinski definition) is 4. The molecule has 0 unspecified atom stereocenters. The highest BCUT2D eigenvalue weighted by Gasteiger charge is 2.20. The molecule has 0 atom stereocenters. The molecular formula is C20H34N4O3S. The molecule has 0 heterocycles. The molecule has 158 valence electrons. The lowest BCUT2D eigenvalue weighted by atomic mass is 9.93. The third-order valence-electron chi connectivity index (χ3n) is 4.60. The predicted molar refractivity (Wildman–Crippen MR) is 114 cm³/mol. The van der Waals surface area contributed by atoms with Crippen LogP contribution in [0.4, 0.5) is 0 Å². The average molecular weight is 411 g/mol. The van der Waals surface area contributed by atoms with E-state index in [2.05, 4.69) is 20.3 Å². The van der Waals surface area contributed by atoms with E-state index in [1.165, 1.54) is 0 Å². The maximum absolute atomic E-state index is 12.0. The van der Waals surface area contributed by atoms with Crippen LogP contribution < -0.4 is 15.4 Å². The van der Waals surface area contributed by atoms with Crippen LogP contribution in [0.3, 0.4) is 0 Å². The molecule has 0 bridgehead atoms. The monoisotopic (exact) mass is 410 g/mol. The number of aliphatic hydroxyl groups is 1. The molecule has 0 aliphatic heterocycles. The van der Waals surface area contributed by atoms with Gasteiger partial charge in [0.05, 0.1) is 18.4 Å². The number of aliphatic hydroxyl groups excluding tert-OH is 1. The average Bonchev–Trinajstić information content (AvgIpc) is 2.61. The van der Waals surface area contributed by atoms with Crippen LogP contribution in [0.25, 0.3) is 0 Å². The molecule has 0 aromatic heterocycles. The summed E-state index contributed by atoms with van der Waals surface area (Å²) < 4.78 is 26.6. The van der Waals surface area contributed by atoms with Crippen molar-refractivity contribution < 1.29 is 13.5 Å². The second-order valence-corrected chi connectivity index (χ2v) is 9.45. The van der Waals surface area contributed by atoms with E-state index in [0.717, 1.165) is 49.3 Å². The van der Waals surface area contributed by atoms with E-state index in [-0.39, 0.29) is 17.9 Å². The number of nitrogens with zero attached hydrogens (tertiary/aromatic N) is 1. The first-order chi connectivity index (χ1) is 13.3. The minimum atomic E-state index is -3.32. The third-order valence-corrected chi connectivity index (χ3v) is 6.14. The van der Waals surface area contributed by atoms with Gasteiger partial charge in [0.25, 0.3) is 0 Å². The van der Waals surface area contributed by atoms with E-state index in [4.69, 9.17) is 0 Å². The Labute approximate surface area is 169 Å². The highest BCUT2D eigenvalue weighted by molar-refractivity contribution is 7.88. The summed E-state index contributed by atoms with van der Waals surface area (Å²) in [6.07, 6.45) is 3.37. The maximum atomic E-state index is 12.0. The van der Waals surface area contributed by atoms with Gasteiger partial charge < -0.3 is 15.7 Å². The lowest BCUT2D eigenvalue weighted by molar-refractivity contribution is 0.120. The summed E-state index contributed by atoms with van der Waals surface area (Å²) >= 11 is 0. The molecule has 0 radical (unpaired) electrons. The lowest BCUT2D eigenvalue weighted by Crippen LogP contribution is -2.45. The molecule has 1 aliphatic rings. The first-order valence-electron chi connectivity index (χ1n) is 10.1. The first kappa shape index (κ1) is 22.6. The van der Waals surface area contributed by atoms with E-state index in [9.17, 15) is 13.5 Å². The topological polar surface area (TPSA) is 103 Å². The fourth-order valence-corrected chi connectivity index (χ4v) is 4.70. The molecule has 1 fully saturated rings. The highest BCUT2D eigenvalue weighted by Crippen LogP contribution is 2.18. The van der Waals surface area contributed by atoms with Crippen molar-refractivity contribution in [2.24, 2.45) is 4.99 Å². The van der Waals surface area contributed by atoms with Crippen LogP contribution in [-0.2, 0) is 22.3 Å². The van der Waals surface area contributed by atoms with E-state index in [0.29, 0.717) is 12.6 Å². The summed E-state index contributed by atoms with van der Waals surface area (Å²) in [6.45, 7) is 6.94. The summed E-state index contributed by atoms with van der Waals surface area (Å²) in [5, 5.41) is 16.3. The number of rotatable bonds is 8. The zero-order valence-electron chi connectivity index (χ0n) is 17.1. The predicted octanol–water partition coefficient (Wildman–Crippen LogP) is 1.87. The smallest absolute Gasteiger partial charge is 0.216 e. The Morgan fingerprint density at radius 2 is 1.75 bits per heavy atom. The van der Waals surface area contributed by atoms with Crippen molar-refractivity contribution in [3.63, 3.8) is 0 Å². The van der Waals surface area contributed by atoms with Gasteiger partial charge >= 0.3 is 0 Å². The van der Waals surface area contributed by atoms with Crippen LogP contribution in [0, 0.1) is 0 Å². The quantitative estimate of drug-likeness (QED) is 0.387. The standard InChI is InChI=1S/C20H34N4O3S/c1-4-21-20(23-18-9-11-19(25)12-10-18)22-13-16-5-7-17(8-6-16)14-28(26,27)24-15(2)3/h5-8,15,18-19,24-25H,4,9-14H2,1-3H3,(H2,21,22,23). The van der Waals surface area contributed by atoms with Crippen molar-refractivity contribution >= 4 is 16.0 Å². The Kier molecular flexibility index (Phi) is 8.72. The molecule has 4 N–H and O–H groups in total. The summed E-state index contributed by atoms with van der Waals surface area (Å²) in [5.74, 6) is 0.753. The molecule has 1 aliphatic carbocycles. The van der Waals surface area contributed by atoms with Gasteiger partial charge in [0.15, 0.2) is 5.96 Å². The Balaban J connectivity index is 1.93. The fourth-order valence-electron chi connectivity index (χ4n) is 3.26. The van der Waals surface area contributed by atoms with Crippen molar-refractivity contribution in [1.82, 2.24) is 15.4 Å². The van der Waals surface area contributed by atoms with Gasteiger partial charge in [0.1, 0.15) is 0 Å². The van der Waals surface area contributed by atoms with Crippen LogP contribution in [0.15, 0.2) is 29.3 Å². The van der Waals surface area contributed by atoms with Gasteiger partial charge in [-0.1, -0.05) is 24.3 Å². The van der Waals surface area contributed by atoms with Crippen LogP contribution >= 0.6 is 0 Å². The maximum Gasteiger partial charge on any atom is 0.216 e. The van der Waals surface area contributed by atoms with E-state index >= 15 is 0 Å². The van der Waals surface area contributed by atoms with Gasteiger partial charge in [-0.25, -0.2) is 18.1 Å². The minimum Gasteiger partial charge on any atom is -0.393 e. The van der Waals surface area contributed by atoms with E-state index < -0.39 is 10.0 Å². The fraction of sp³-hybridized carbons (Fsp3) is 0.650. The third kappa shape index (κ3) is 8.16. The summed E-state index contributed by atoms with van der Waals surface area (Å²) in [4.78, 5) is 4.64. The van der Waals surface area contributed by atoms with Gasteiger partial charge in [-0.2, -0.15) is 0 Å². The normalized spacial score (nSPS) is 21.0. The second kappa shape index (κ2) is 10.8. The van der Waals surface area contributed by atoms with Crippen molar-refractivity contribution in [1.29, 1.82) is 0 Å². The van der Waals surface area contributed by atoms with Crippen molar-refractivity contribution in [3.8, 4) is 0 Å². The highest BCUT2D eigenvalue weighted by atomic mass is 32.2. The molecule has 2 rings (SSSR count). The first-order valence-corrected chi connectivity index (χ1v) is 11.7. The van der Waals surface area contributed by atoms with Crippen LogP contribution in [0.5, 0.6) is 0 Å². The molecule has 1 aromatic rings. The number of aliphatic imine (C=N–C) groups is 1. The van der Waals surface area contributed by atoms with Crippen molar-refractivity contribution in [2.45, 2.75) is 76.9 Å². The van der Waals surface area contributed by atoms with Gasteiger partial charge in [-0.15, -0.1) is 0 Å². The number of hydrogen-bond donors (Lipinski definition) is 4.